The molecule has 0 fully saturated rings. The number of nitrogens with zero attached hydrogens (tertiary/aromatic N) is 1. The maximum absolute atomic E-state index is 8.31. The molecule has 0 aromatic heterocycles. The smallest absolute Gasteiger partial charge is 0.0760 e. The molecule has 0 amide bonds. The monoisotopic (exact) mass is 224 g/mol. The molecule has 0 aromatic rings. The fraction of sp³-hybridized carbons (Fsp3) is 1.00. The minimum atomic E-state index is 0.688. The van der Waals surface area contributed by atoms with E-state index in [0.29, 0.717) is 12.2 Å². The second-order valence-corrected chi connectivity index (χ2v) is 2.48. The summed E-state index contributed by atoms with van der Waals surface area (Å²) in [6.45, 7) is 16.3. The Bertz CT molecular complexity index is 71.1. The SMILES string of the molecule is CC.CC.CCN(CC)CCNSO. The molecule has 0 aliphatic rings. The highest BCUT2D eigenvalue weighted by atomic mass is 32.2. The number of likely N-dealkylation sites (N-methyl/N-ethyl adjacent to an activating group) is 1. The Morgan fingerprint density at radius 1 is 1.07 bits per heavy atom. The molecule has 0 unspecified atom stereocenters. The average molecular weight is 224 g/mol. The second-order valence-electron chi connectivity index (χ2n) is 2.01. The molecule has 0 rings (SSSR count). The van der Waals surface area contributed by atoms with Crippen molar-refractivity contribution in [3.63, 3.8) is 0 Å². The molecule has 0 spiro atoms. The molecule has 0 aliphatic carbocycles. The first kappa shape index (κ1) is 19.7. The summed E-state index contributed by atoms with van der Waals surface area (Å²) in [5, 5.41) is 0. The molecule has 0 saturated heterocycles. The lowest BCUT2D eigenvalue weighted by atomic mass is 10.5. The molecule has 0 bridgehead atoms. The highest BCUT2D eigenvalue weighted by molar-refractivity contribution is 7.91. The van der Waals surface area contributed by atoms with E-state index < -0.39 is 0 Å². The van der Waals surface area contributed by atoms with Gasteiger partial charge in [0.05, 0.1) is 12.2 Å². The topological polar surface area (TPSA) is 35.5 Å². The van der Waals surface area contributed by atoms with Gasteiger partial charge in [-0.15, -0.1) is 0 Å². The van der Waals surface area contributed by atoms with Gasteiger partial charge in [0.2, 0.25) is 0 Å². The zero-order valence-electron chi connectivity index (χ0n) is 10.6. The second kappa shape index (κ2) is 23.2. The third-order valence-corrected chi connectivity index (χ3v) is 1.82. The molecule has 0 saturated carbocycles. The summed E-state index contributed by atoms with van der Waals surface area (Å²) in [7, 11) is 0. The van der Waals surface area contributed by atoms with E-state index in [1.807, 2.05) is 27.7 Å². The first-order valence-electron chi connectivity index (χ1n) is 5.60. The lowest BCUT2D eigenvalue weighted by Gasteiger charge is -2.16. The molecule has 4 heteroatoms. The zero-order chi connectivity index (χ0) is 11.8. The molecule has 0 heterocycles. The molecular formula is C10H28N2OS. The van der Waals surface area contributed by atoms with Gasteiger partial charge in [-0.25, -0.2) is 4.72 Å². The molecule has 0 radical (unpaired) electrons. The number of nitrogens with one attached hydrogen (secondary N) is 1. The summed E-state index contributed by atoms with van der Waals surface area (Å²) < 4.78 is 11.1. The van der Waals surface area contributed by atoms with Gasteiger partial charge in [0.1, 0.15) is 0 Å². The fourth-order valence-electron chi connectivity index (χ4n) is 0.789. The van der Waals surface area contributed by atoms with E-state index in [4.69, 9.17) is 4.55 Å². The molecule has 0 atom stereocenters. The van der Waals surface area contributed by atoms with Crippen molar-refractivity contribution in [2.75, 3.05) is 26.2 Å². The third-order valence-electron chi connectivity index (χ3n) is 1.49. The van der Waals surface area contributed by atoms with Crippen molar-refractivity contribution in [3.05, 3.63) is 0 Å². The highest BCUT2D eigenvalue weighted by Gasteiger charge is 1.95. The van der Waals surface area contributed by atoms with E-state index in [1.54, 1.807) is 0 Å². The number of rotatable bonds is 6. The van der Waals surface area contributed by atoms with Crippen LogP contribution in [0.5, 0.6) is 0 Å². The van der Waals surface area contributed by atoms with Crippen molar-refractivity contribution in [3.8, 4) is 0 Å². The van der Waals surface area contributed by atoms with Crippen LogP contribution in [-0.4, -0.2) is 35.6 Å². The Hall–Kier alpha value is 0.230. The minimum Gasteiger partial charge on any atom is -0.317 e. The largest absolute Gasteiger partial charge is 0.317 e. The van der Waals surface area contributed by atoms with E-state index >= 15 is 0 Å². The highest BCUT2D eigenvalue weighted by Crippen LogP contribution is 1.86. The van der Waals surface area contributed by atoms with Crippen LogP contribution in [0, 0.1) is 0 Å². The van der Waals surface area contributed by atoms with Gasteiger partial charge in [0.25, 0.3) is 0 Å². The van der Waals surface area contributed by atoms with Gasteiger partial charge in [-0.3, -0.25) is 0 Å². The number of hydrogen-bond donors (Lipinski definition) is 2. The van der Waals surface area contributed by atoms with E-state index in [0.717, 1.165) is 26.2 Å². The van der Waals surface area contributed by atoms with Crippen molar-refractivity contribution >= 4 is 12.2 Å². The van der Waals surface area contributed by atoms with Crippen molar-refractivity contribution in [2.45, 2.75) is 41.5 Å². The maximum Gasteiger partial charge on any atom is 0.0760 e. The van der Waals surface area contributed by atoms with Gasteiger partial charge in [-0.05, 0) is 13.1 Å². The summed E-state index contributed by atoms with van der Waals surface area (Å²) in [5.74, 6) is 0. The third kappa shape index (κ3) is 18.1. The van der Waals surface area contributed by atoms with Crippen LogP contribution < -0.4 is 4.72 Å². The summed E-state index contributed by atoms with van der Waals surface area (Å²) in [6.07, 6.45) is 0. The molecule has 0 aromatic carbocycles. The van der Waals surface area contributed by atoms with E-state index in [9.17, 15) is 0 Å². The molecule has 90 valence electrons. The number of hydrogen-bond acceptors (Lipinski definition) is 4. The van der Waals surface area contributed by atoms with E-state index in [1.165, 1.54) is 0 Å². The quantitative estimate of drug-likeness (QED) is 0.413. The summed E-state index contributed by atoms with van der Waals surface area (Å²) >= 11 is 0.688. The first-order valence-corrected chi connectivity index (χ1v) is 6.38. The minimum absolute atomic E-state index is 0.688. The van der Waals surface area contributed by atoms with Gasteiger partial charge in [0.15, 0.2) is 0 Å². The van der Waals surface area contributed by atoms with Crippen molar-refractivity contribution in [1.29, 1.82) is 0 Å². The van der Waals surface area contributed by atoms with Crippen molar-refractivity contribution in [1.82, 2.24) is 9.62 Å². The van der Waals surface area contributed by atoms with Gasteiger partial charge in [-0.1, -0.05) is 41.5 Å². The van der Waals surface area contributed by atoms with E-state index in [-0.39, 0.29) is 0 Å². The average Bonchev–Trinajstić information content (AvgIpc) is 2.30. The van der Waals surface area contributed by atoms with Crippen molar-refractivity contribution < 1.29 is 4.55 Å². The lowest BCUT2D eigenvalue weighted by molar-refractivity contribution is 0.309. The van der Waals surface area contributed by atoms with E-state index in [2.05, 4.69) is 23.5 Å². The Morgan fingerprint density at radius 2 is 1.50 bits per heavy atom. The standard InChI is InChI=1S/C6H16N2OS.2C2H6/c1-3-8(4-2)6-5-7-10-9;2*1-2/h7,9H,3-6H2,1-2H3;2*1-2H3. The van der Waals surface area contributed by atoms with Crippen LogP contribution in [0.25, 0.3) is 0 Å². The Morgan fingerprint density at radius 3 is 1.79 bits per heavy atom. The van der Waals surface area contributed by atoms with Gasteiger partial charge < -0.3 is 9.45 Å². The Labute approximate surface area is 94.6 Å². The fourth-order valence-corrected chi connectivity index (χ4v) is 0.972. The van der Waals surface area contributed by atoms with Gasteiger partial charge in [-0.2, -0.15) is 0 Å². The van der Waals surface area contributed by atoms with Crippen LogP contribution in [0.2, 0.25) is 0 Å². The Balaban J connectivity index is -0.000000266. The normalized spacial score (nSPS) is 8.57. The van der Waals surface area contributed by atoms with Gasteiger partial charge >= 0.3 is 0 Å². The van der Waals surface area contributed by atoms with Gasteiger partial charge in [0, 0.05) is 13.1 Å². The molecular weight excluding hydrogens is 196 g/mol. The van der Waals surface area contributed by atoms with Crippen LogP contribution in [0.1, 0.15) is 41.5 Å². The predicted molar refractivity (Wildman–Crippen MR) is 68.7 cm³/mol. The van der Waals surface area contributed by atoms with Crippen LogP contribution in [0.3, 0.4) is 0 Å². The van der Waals surface area contributed by atoms with Crippen LogP contribution in [-0.2, 0) is 0 Å². The molecule has 14 heavy (non-hydrogen) atoms. The van der Waals surface area contributed by atoms with Crippen molar-refractivity contribution in [2.24, 2.45) is 0 Å². The molecule has 0 aliphatic heterocycles. The molecule has 3 nitrogen and oxygen atoms in total. The van der Waals surface area contributed by atoms with Crippen LogP contribution in [0.15, 0.2) is 0 Å². The summed E-state index contributed by atoms with van der Waals surface area (Å²) in [5.41, 5.74) is 0. The molecule has 2 N–H and O–H groups in total. The van der Waals surface area contributed by atoms with Crippen LogP contribution in [0.4, 0.5) is 0 Å². The zero-order valence-corrected chi connectivity index (χ0v) is 11.4. The lowest BCUT2D eigenvalue weighted by Crippen LogP contribution is -2.29. The first-order chi connectivity index (χ1) is 6.85. The summed E-state index contributed by atoms with van der Waals surface area (Å²) in [4.78, 5) is 2.29. The van der Waals surface area contributed by atoms with Crippen LogP contribution >= 0.6 is 12.2 Å². The predicted octanol–water partition coefficient (Wildman–Crippen LogP) is 3.09. The summed E-state index contributed by atoms with van der Waals surface area (Å²) in [6, 6.07) is 0. The maximum atomic E-state index is 8.31. The Kier molecular flexibility index (Phi) is 32.8.